The predicted molar refractivity (Wildman–Crippen MR) is 75.4 cm³/mol. The summed E-state index contributed by atoms with van der Waals surface area (Å²) < 4.78 is 9.10. The maximum atomic E-state index is 5.51. The largest absolute Gasteiger partial charge is 0.524 e. The molecule has 18 heavy (non-hydrogen) atoms. The van der Waals surface area contributed by atoms with Crippen molar-refractivity contribution in [3.05, 3.63) is 0 Å². The first kappa shape index (κ1) is 12.0. The van der Waals surface area contributed by atoms with Gasteiger partial charge in [-0.15, -0.1) is 0 Å². The van der Waals surface area contributed by atoms with Crippen LogP contribution in [0.5, 0.6) is 0 Å². The first-order valence-corrected chi connectivity index (χ1v) is 7.33. The average Bonchev–Trinajstić information content (AvgIpc) is 2.88. The van der Waals surface area contributed by atoms with Crippen LogP contribution in [0, 0.1) is 0 Å². The number of hydrogen-bond donors (Lipinski definition) is 0. The number of rotatable bonds is 1. The second-order valence-corrected chi connectivity index (χ2v) is 6.77. The Morgan fingerprint density at radius 2 is 2.17 bits per heavy atom. The Balaban J connectivity index is 1.96. The fourth-order valence-electron chi connectivity index (χ4n) is 1.88. The summed E-state index contributed by atoms with van der Waals surface area (Å²) in [5.41, 5.74) is 1.09. The molecule has 0 amide bonds. The molecule has 0 saturated carbocycles. The third-order valence-electron chi connectivity index (χ3n) is 2.67. The number of hydrogen-bond acceptors (Lipinski definition) is 6. The van der Waals surface area contributed by atoms with Crippen molar-refractivity contribution in [1.29, 1.82) is 0 Å². The molecule has 96 valence electrons. The van der Waals surface area contributed by atoms with Crippen molar-refractivity contribution >= 4 is 45.8 Å². The van der Waals surface area contributed by atoms with Crippen LogP contribution in [0.2, 0.25) is 0 Å². The highest BCUT2D eigenvalue weighted by Gasteiger charge is 2.72. The standard InChI is InChI=1S/C10H15N5OS2/c1-5-16-9-12-14-6-7(2)15-10(14,18-9)17-8(11-15)13(3)4/h6H,5H2,1-4H3/q+2. The highest BCUT2D eigenvalue weighted by Crippen LogP contribution is 2.50. The number of nitrogens with zero attached hydrogens (tertiary/aromatic N) is 5. The summed E-state index contributed by atoms with van der Waals surface area (Å²) in [6, 6.07) is 0. The van der Waals surface area contributed by atoms with Crippen LogP contribution in [-0.2, 0) is 4.74 Å². The van der Waals surface area contributed by atoms with Crippen LogP contribution in [0.3, 0.4) is 0 Å². The van der Waals surface area contributed by atoms with Gasteiger partial charge in [-0.3, -0.25) is 0 Å². The van der Waals surface area contributed by atoms with Crippen molar-refractivity contribution in [2.75, 3.05) is 20.7 Å². The SMILES string of the molecule is CCOC1=N[N+]2=CC(C)=[N+]3N=C(N(C)C)SC23S1. The Morgan fingerprint density at radius 1 is 1.39 bits per heavy atom. The van der Waals surface area contributed by atoms with Crippen LogP contribution in [0.15, 0.2) is 10.2 Å². The molecule has 0 saturated heterocycles. The first-order chi connectivity index (χ1) is 8.56. The number of ether oxygens (including phenoxy) is 1. The molecule has 0 aromatic rings. The number of amidine groups is 1. The summed E-state index contributed by atoms with van der Waals surface area (Å²) in [4.78, 5) is 2.02. The lowest BCUT2D eigenvalue weighted by atomic mass is 10.5. The van der Waals surface area contributed by atoms with E-state index in [9.17, 15) is 0 Å². The van der Waals surface area contributed by atoms with Crippen LogP contribution in [-0.4, -0.2) is 61.6 Å². The van der Waals surface area contributed by atoms with E-state index < -0.39 is 0 Å². The molecule has 8 heteroatoms. The highest BCUT2D eigenvalue weighted by molar-refractivity contribution is 8.30. The first-order valence-electron chi connectivity index (χ1n) is 5.70. The summed E-state index contributed by atoms with van der Waals surface area (Å²) in [6.45, 7) is 4.64. The molecule has 1 atom stereocenters. The lowest BCUT2D eigenvalue weighted by Crippen LogP contribution is -2.34. The molecule has 1 spiro atoms. The van der Waals surface area contributed by atoms with Gasteiger partial charge in [0.05, 0.1) is 23.5 Å². The smallest absolute Gasteiger partial charge is 0.469 e. The maximum Gasteiger partial charge on any atom is 0.524 e. The minimum absolute atomic E-state index is 0.353. The Hall–Kier alpha value is -1.02. The monoisotopic (exact) mass is 285 g/mol. The summed E-state index contributed by atoms with van der Waals surface area (Å²) in [7, 11) is 4.00. The third kappa shape index (κ3) is 1.51. The Bertz CT molecular complexity index is 536. The molecule has 0 aromatic carbocycles. The molecule has 3 heterocycles. The normalized spacial score (nSPS) is 28.8. The lowest BCUT2D eigenvalue weighted by Gasteiger charge is -2.07. The van der Waals surface area contributed by atoms with E-state index in [0.717, 1.165) is 10.9 Å². The van der Waals surface area contributed by atoms with Crippen molar-refractivity contribution in [3.8, 4) is 0 Å². The molecular formula is C10H15N5OS2+2. The molecule has 3 aliphatic rings. The van der Waals surface area contributed by atoms with E-state index >= 15 is 0 Å². The van der Waals surface area contributed by atoms with Gasteiger partial charge in [-0.2, -0.15) is 0 Å². The topological polar surface area (TPSA) is 43.2 Å². The molecule has 0 bridgehead atoms. The van der Waals surface area contributed by atoms with Crippen molar-refractivity contribution in [3.63, 3.8) is 0 Å². The van der Waals surface area contributed by atoms with Crippen molar-refractivity contribution in [1.82, 2.24) is 4.90 Å². The van der Waals surface area contributed by atoms with E-state index in [1.807, 2.05) is 48.4 Å². The van der Waals surface area contributed by atoms with Gasteiger partial charge in [-0.1, -0.05) is 0 Å². The van der Waals surface area contributed by atoms with Crippen LogP contribution in [0.25, 0.3) is 0 Å². The molecule has 3 rings (SSSR count). The van der Waals surface area contributed by atoms with E-state index in [1.165, 1.54) is 0 Å². The Morgan fingerprint density at radius 3 is 2.83 bits per heavy atom. The minimum atomic E-state index is -0.353. The van der Waals surface area contributed by atoms with Crippen molar-refractivity contribution in [2.24, 2.45) is 10.2 Å². The zero-order valence-corrected chi connectivity index (χ0v) is 12.4. The molecule has 0 radical (unpaired) electrons. The van der Waals surface area contributed by atoms with Crippen LogP contribution < -0.4 is 0 Å². The van der Waals surface area contributed by atoms with Crippen molar-refractivity contribution < 1.29 is 14.1 Å². The molecule has 0 aromatic heterocycles. The second-order valence-electron chi connectivity index (χ2n) is 4.26. The quantitative estimate of drug-likeness (QED) is 0.669. The van der Waals surface area contributed by atoms with E-state index in [0.29, 0.717) is 11.8 Å². The predicted octanol–water partition coefficient (Wildman–Crippen LogP) is 0.802. The Labute approximate surface area is 114 Å². The van der Waals surface area contributed by atoms with Gasteiger partial charge in [0.2, 0.25) is 5.17 Å². The van der Waals surface area contributed by atoms with Crippen molar-refractivity contribution in [2.45, 2.75) is 18.2 Å². The van der Waals surface area contributed by atoms with E-state index in [4.69, 9.17) is 4.74 Å². The molecule has 0 aliphatic carbocycles. The van der Waals surface area contributed by atoms with E-state index in [1.54, 1.807) is 23.5 Å². The average molecular weight is 285 g/mol. The van der Waals surface area contributed by atoms with Gasteiger partial charge in [0.25, 0.3) is 11.9 Å². The van der Waals surface area contributed by atoms with Crippen LogP contribution >= 0.6 is 23.5 Å². The van der Waals surface area contributed by atoms with Gasteiger partial charge in [-0.05, 0) is 6.92 Å². The van der Waals surface area contributed by atoms with Crippen LogP contribution in [0.1, 0.15) is 13.8 Å². The third-order valence-corrected chi connectivity index (χ3v) is 5.43. The number of hydrazone groups is 2. The fraction of sp³-hybridized carbons (Fsp3) is 0.600. The van der Waals surface area contributed by atoms with E-state index in [2.05, 4.69) is 10.2 Å². The molecular weight excluding hydrogens is 270 g/mol. The molecule has 0 fully saturated rings. The summed E-state index contributed by atoms with van der Waals surface area (Å²) in [6.07, 6.45) is 2.00. The van der Waals surface area contributed by atoms with Gasteiger partial charge in [0.15, 0.2) is 0 Å². The molecule has 3 aliphatic heterocycles. The fourth-order valence-corrected chi connectivity index (χ4v) is 4.47. The van der Waals surface area contributed by atoms with Gasteiger partial charge in [0, 0.05) is 35.5 Å². The summed E-state index contributed by atoms with van der Waals surface area (Å²) >= 11 is 3.28. The van der Waals surface area contributed by atoms with Gasteiger partial charge >= 0.3 is 9.56 Å². The van der Waals surface area contributed by atoms with E-state index in [-0.39, 0.29) is 4.33 Å². The summed E-state index contributed by atoms with van der Waals surface area (Å²) in [5.74, 6) is 0. The Kier molecular flexibility index (Phi) is 2.67. The zero-order chi connectivity index (χ0) is 12.9. The second kappa shape index (κ2) is 3.99. The van der Waals surface area contributed by atoms with Gasteiger partial charge in [-0.25, -0.2) is 0 Å². The van der Waals surface area contributed by atoms with Crippen LogP contribution in [0.4, 0.5) is 0 Å². The molecule has 1 unspecified atom stereocenters. The maximum absolute atomic E-state index is 5.51. The van der Waals surface area contributed by atoms with Gasteiger partial charge in [0.1, 0.15) is 11.8 Å². The zero-order valence-electron chi connectivity index (χ0n) is 10.7. The minimum Gasteiger partial charge on any atom is -0.469 e. The number of thioether (sulfide) groups is 2. The lowest BCUT2D eigenvalue weighted by molar-refractivity contribution is -0.750. The summed E-state index contributed by atoms with van der Waals surface area (Å²) in [5, 5.41) is 10.8. The van der Waals surface area contributed by atoms with Gasteiger partial charge < -0.3 is 9.64 Å². The molecule has 6 nitrogen and oxygen atoms in total. The highest BCUT2D eigenvalue weighted by atomic mass is 32.2. The molecule has 0 N–H and O–H groups in total.